The Labute approximate surface area is 103 Å². The summed E-state index contributed by atoms with van der Waals surface area (Å²) in [6.45, 7) is 1.51. The zero-order valence-corrected chi connectivity index (χ0v) is 11.0. The van der Waals surface area contributed by atoms with E-state index < -0.39 is 0 Å². The number of nitrogens with one attached hydrogen (secondary N) is 2. The van der Waals surface area contributed by atoms with Crippen LogP contribution >= 0.6 is 38.6 Å². The molecule has 0 atom stereocenters. The lowest BCUT2D eigenvalue weighted by molar-refractivity contribution is 0.687. The lowest BCUT2D eigenvalue weighted by atomic mass is 10.4. The first-order valence-corrected chi connectivity index (χ1v) is 6.90. The second kappa shape index (κ2) is 5.07. The number of halogens is 1. The minimum Gasteiger partial charge on any atom is -0.315 e. The van der Waals surface area contributed by atoms with Gasteiger partial charge in [0.2, 0.25) is 0 Å². The molecule has 6 heteroatoms. The molecule has 0 aliphatic rings. The third-order valence-corrected chi connectivity index (χ3v) is 4.51. The van der Waals surface area contributed by atoms with Crippen LogP contribution in [0.5, 0.6) is 0 Å². The van der Waals surface area contributed by atoms with Crippen molar-refractivity contribution in [2.24, 2.45) is 0 Å². The quantitative estimate of drug-likeness (QED) is 0.912. The predicted molar refractivity (Wildman–Crippen MR) is 67.5 cm³/mol. The molecule has 0 unspecified atom stereocenters. The van der Waals surface area contributed by atoms with Crippen molar-refractivity contribution in [2.45, 2.75) is 13.1 Å². The second-order valence-corrected chi connectivity index (χ2v) is 5.67. The molecule has 3 nitrogen and oxygen atoms in total. The zero-order valence-electron chi connectivity index (χ0n) is 7.75. The van der Waals surface area contributed by atoms with Crippen molar-refractivity contribution in [3.05, 3.63) is 41.5 Å². The van der Waals surface area contributed by atoms with Gasteiger partial charge in [-0.25, -0.2) is 0 Å². The van der Waals surface area contributed by atoms with E-state index in [-0.39, 0.29) is 4.87 Å². The Kier molecular flexibility index (Phi) is 3.74. The number of hydrogen-bond donors (Lipinski definition) is 2. The van der Waals surface area contributed by atoms with Crippen LogP contribution in [-0.2, 0) is 13.1 Å². The van der Waals surface area contributed by atoms with Crippen LogP contribution in [0, 0.1) is 0 Å². The standard InChI is InChI=1S/C9H9BrN2OS2/c10-7-1-2-14-8(7)4-11-3-6-5-15-9(13)12-6/h1-2,5,11H,3-4H2,(H,12,13). The number of H-pyrrole nitrogens is 1. The second-order valence-electron chi connectivity index (χ2n) is 2.97. The lowest BCUT2D eigenvalue weighted by Gasteiger charge is -2.01. The molecule has 0 amide bonds. The van der Waals surface area contributed by atoms with Gasteiger partial charge in [0.15, 0.2) is 0 Å². The third-order valence-electron chi connectivity index (χ3n) is 1.86. The third kappa shape index (κ3) is 3.01. The van der Waals surface area contributed by atoms with Crippen LogP contribution in [-0.4, -0.2) is 4.98 Å². The highest BCUT2D eigenvalue weighted by Gasteiger charge is 2.01. The number of thiazole rings is 1. The average Bonchev–Trinajstić information content (AvgIpc) is 2.77. The molecular formula is C9H9BrN2OS2. The van der Waals surface area contributed by atoms with Crippen LogP contribution < -0.4 is 10.2 Å². The van der Waals surface area contributed by atoms with Gasteiger partial charge >= 0.3 is 4.87 Å². The lowest BCUT2D eigenvalue weighted by Crippen LogP contribution is -2.13. The highest BCUT2D eigenvalue weighted by Crippen LogP contribution is 2.22. The Morgan fingerprint density at radius 3 is 2.87 bits per heavy atom. The molecule has 0 saturated heterocycles. The van der Waals surface area contributed by atoms with Crippen LogP contribution in [0.25, 0.3) is 0 Å². The molecule has 15 heavy (non-hydrogen) atoms. The van der Waals surface area contributed by atoms with Gasteiger partial charge in [0.1, 0.15) is 0 Å². The highest BCUT2D eigenvalue weighted by atomic mass is 79.9. The van der Waals surface area contributed by atoms with Crippen molar-refractivity contribution >= 4 is 38.6 Å². The van der Waals surface area contributed by atoms with Crippen molar-refractivity contribution in [3.63, 3.8) is 0 Å². The van der Waals surface area contributed by atoms with E-state index in [0.717, 1.165) is 16.7 Å². The largest absolute Gasteiger partial charge is 0.315 e. The van der Waals surface area contributed by atoms with Gasteiger partial charge in [-0.3, -0.25) is 4.79 Å². The van der Waals surface area contributed by atoms with Gasteiger partial charge in [-0.15, -0.1) is 11.3 Å². The molecule has 0 aliphatic heterocycles. The van der Waals surface area contributed by atoms with Gasteiger partial charge in [0.05, 0.1) is 0 Å². The fourth-order valence-electron chi connectivity index (χ4n) is 1.16. The van der Waals surface area contributed by atoms with E-state index in [1.807, 2.05) is 16.8 Å². The zero-order chi connectivity index (χ0) is 10.7. The maximum atomic E-state index is 10.9. The molecule has 2 aromatic heterocycles. The number of thiophene rings is 1. The topological polar surface area (TPSA) is 44.9 Å². The van der Waals surface area contributed by atoms with Gasteiger partial charge in [-0.05, 0) is 27.4 Å². The fourth-order valence-corrected chi connectivity index (χ4v) is 3.21. The maximum Gasteiger partial charge on any atom is 0.304 e. The van der Waals surface area contributed by atoms with E-state index in [1.165, 1.54) is 16.2 Å². The summed E-state index contributed by atoms with van der Waals surface area (Å²) in [4.78, 5) is 14.9. The Balaban J connectivity index is 1.85. The van der Waals surface area contributed by atoms with Gasteiger partial charge in [0, 0.05) is 33.5 Å². The SMILES string of the molecule is O=c1[nH]c(CNCc2sccc2Br)cs1. The molecule has 0 aliphatic carbocycles. The van der Waals surface area contributed by atoms with Crippen molar-refractivity contribution in [1.29, 1.82) is 0 Å². The monoisotopic (exact) mass is 304 g/mol. The van der Waals surface area contributed by atoms with E-state index in [4.69, 9.17) is 0 Å². The molecule has 0 aromatic carbocycles. The molecule has 0 spiro atoms. The minimum atomic E-state index is 0.00380. The number of rotatable bonds is 4. The first kappa shape index (κ1) is 11.1. The van der Waals surface area contributed by atoms with Crippen molar-refractivity contribution in [2.75, 3.05) is 0 Å². The van der Waals surface area contributed by atoms with Crippen LogP contribution in [0.2, 0.25) is 0 Å². The predicted octanol–water partition coefficient (Wildman–Crippen LogP) is 2.55. The van der Waals surface area contributed by atoms with Crippen molar-refractivity contribution in [1.82, 2.24) is 10.3 Å². The van der Waals surface area contributed by atoms with Crippen molar-refractivity contribution in [3.8, 4) is 0 Å². The normalized spacial score (nSPS) is 10.7. The van der Waals surface area contributed by atoms with Gasteiger partial charge in [-0.1, -0.05) is 11.3 Å². The summed E-state index contributed by atoms with van der Waals surface area (Å²) in [5.41, 5.74) is 0.942. The van der Waals surface area contributed by atoms with E-state index in [2.05, 4.69) is 26.2 Å². The van der Waals surface area contributed by atoms with Crippen LogP contribution in [0.1, 0.15) is 10.6 Å². The number of aromatic amines is 1. The molecular weight excluding hydrogens is 296 g/mol. The van der Waals surface area contributed by atoms with E-state index >= 15 is 0 Å². The summed E-state index contributed by atoms with van der Waals surface area (Å²) in [6, 6.07) is 2.04. The smallest absolute Gasteiger partial charge is 0.304 e. The van der Waals surface area contributed by atoms with Crippen LogP contribution in [0.15, 0.2) is 26.1 Å². The van der Waals surface area contributed by atoms with Gasteiger partial charge in [0.25, 0.3) is 0 Å². The first-order chi connectivity index (χ1) is 7.25. The Morgan fingerprint density at radius 1 is 1.40 bits per heavy atom. The molecule has 2 aromatic rings. The van der Waals surface area contributed by atoms with Gasteiger partial charge < -0.3 is 10.3 Å². The molecule has 0 bridgehead atoms. The Morgan fingerprint density at radius 2 is 2.27 bits per heavy atom. The molecule has 2 N–H and O–H groups in total. The first-order valence-electron chi connectivity index (χ1n) is 4.35. The molecule has 0 radical (unpaired) electrons. The minimum absolute atomic E-state index is 0.00380. The molecule has 80 valence electrons. The molecule has 0 fully saturated rings. The summed E-state index contributed by atoms with van der Waals surface area (Å²) in [5, 5.41) is 7.17. The summed E-state index contributed by atoms with van der Waals surface area (Å²) in [7, 11) is 0. The Hall–Kier alpha value is -0.430. The molecule has 0 saturated carbocycles. The van der Waals surface area contributed by atoms with E-state index in [0.29, 0.717) is 6.54 Å². The van der Waals surface area contributed by atoms with Crippen molar-refractivity contribution < 1.29 is 0 Å². The average molecular weight is 305 g/mol. The van der Waals surface area contributed by atoms with E-state index in [1.54, 1.807) is 11.3 Å². The van der Waals surface area contributed by atoms with Gasteiger partial charge in [-0.2, -0.15) is 0 Å². The van der Waals surface area contributed by atoms with Crippen LogP contribution in [0.3, 0.4) is 0 Å². The summed E-state index contributed by atoms with van der Waals surface area (Å²) in [6.07, 6.45) is 0. The van der Waals surface area contributed by atoms with E-state index in [9.17, 15) is 4.79 Å². The number of aromatic nitrogens is 1. The van der Waals surface area contributed by atoms with Crippen LogP contribution in [0.4, 0.5) is 0 Å². The summed E-state index contributed by atoms with van der Waals surface area (Å²) >= 11 is 6.38. The fraction of sp³-hybridized carbons (Fsp3) is 0.222. The number of hydrogen-bond acceptors (Lipinski definition) is 4. The highest BCUT2D eigenvalue weighted by molar-refractivity contribution is 9.10. The Bertz CT molecular complexity index is 488. The maximum absolute atomic E-state index is 10.9. The molecule has 2 heterocycles. The molecule has 2 rings (SSSR count). The summed E-state index contributed by atoms with van der Waals surface area (Å²) < 4.78 is 1.14. The summed E-state index contributed by atoms with van der Waals surface area (Å²) in [5.74, 6) is 0.